The predicted octanol–water partition coefficient (Wildman–Crippen LogP) is 3.30. The van der Waals surface area contributed by atoms with E-state index in [1.807, 2.05) is 7.05 Å². The van der Waals surface area contributed by atoms with Gasteiger partial charge in [0.25, 0.3) is 0 Å². The van der Waals surface area contributed by atoms with Crippen molar-refractivity contribution in [1.29, 1.82) is 0 Å². The van der Waals surface area contributed by atoms with E-state index in [0.29, 0.717) is 6.04 Å². The van der Waals surface area contributed by atoms with Crippen molar-refractivity contribution in [3.63, 3.8) is 0 Å². The van der Waals surface area contributed by atoms with E-state index in [1.54, 1.807) is 7.11 Å². The summed E-state index contributed by atoms with van der Waals surface area (Å²) in [6, 6.07) is 6.97. The number of likely N-dealkylation sites (tertiary alicyclic amines) is 1. The molecule has 0 spiro atoms. The lowest BCUT2D eigenvalue weighted by Gasteiger charge is -2.33. The highest BCUT2D eigenvalue weighted by Crippen LogP contribution is 2.21. The number of hydrogen-bond donors (Lipinski definition) is 3. The fourth-order valence-electron chi connectivity index (χ4n) is 4.01. The van der Waals surface area contributed by atoms with Crippen LogP contribution in [0.2, 0.25) is 0 Å². The number of hydrogen-bond acceptors (Lipinski definition) is 3. The molecule has 6 nitrogen and oxygen atoms in total. The second-order valence-corrected chi connectivity index (χ2v) is 7.67. The summed E-state index contributed by atoms with van der Waals surface area (Å²) in [5.74, 6) is 0.911. The number of aromatic nitrogens is 1. The van der Waals surface area contributed by atoms with Gasteiger partial charge in [-0.2, -0.15) is 0 Å². The smallest absolute Gasteiger partial charge is 0.191 e. The number of aliphatic imine (C=N–C) groups is 1. The third kappa shape index (κ3) is 6.86. The Morgan fingerprint density at radius 2 is 2.10 bits per heavy atom. The van der Waals surface area contributed by atoms with Crippen LogP contribution in [0.4, 0.5) is 0 Å². The maximum atomic E-state index is 5.15. The summed E-state index contributed by atoms with van der Waals surface area (Å²) < 4.78 is 5.15. The van der Waals surface area contributed by atoms with E-state index in [-0.39, 0.29) is 24.0 Å². The van der Waals surface area contributed by atoms with Gasteiger partial charge < -0.3 is 25.3 Å². The molecular formula is C22H36IN5O. The van der Waals surface area contributed by atoms with E-state index in [0.717, 1.165) is 64.4 Å². The van der Waals surface area contributed by atoms with E-state index in [2.05, 4.69) is 56.8 Å². The standard InChI is InChI=1S/C22H35N5O.HI/c1-17-6-4-7-20-18(16-25-21(17)20)8-11-24-22(23-2)26-19-9-13-27(14-10-19)12-5-15-28-3;/h4,6-7,16,19,25H,5,8-15H2,1-3H3,(H2,23,24,26);1H. The number of guanidine groups is 1. The molecule has 162 valence electrons. The number of rotatable bonds is 8. The molecule has 0 aliphatic carbocycles. The largest absolute Gasteiger partial charge is 0.385 e. The van der Waals surface area contributed by atoms with Crippen LogP contribution in [0.1, 0.15) is 30.4 Å². The van der Waals surface area contributed by atoms with Crippen LogP contribution >= 0.6 is 24.0 Å². The van der Waals surface area contributed by atoms with Crippen LogP contribution in [-0.2, 0) is 11.2 Å². The fraction of sp³-hybridized carbons (Fsp3) is 0.591. The van der Waals surface area contributed by atoms with Gasteiger partial charge in [-0.05, 0) is 43.7 Å². The van der Waals surface area contributed by atoms with Crippen LogP contribution in [0.15, 0.2) is 29.4 Å². The monoisotopic (exact) mass is 513 g/mol. The molecule has 1 aromatic heterocycles. The van der Waals surface area contributed by atoms with Crippen LogP contribution < -0.4 is 10.6 Å². The van der Waals surface area contributed by atoms with Crippen molar-refractivity contribution in [2.24, 2.45) is 4.99 Å². The highest BCUT2D eigenvalue weighted by Gasteiger charge is 2.19. The third-order valence-electron chi connectivity index (χ3n) is 5.67. The normalized spacial score (nSPS) is 16.0. The average Bonchev–Trinajstić information content (AvgIpc) is 3.13. The topological polar surface area (TPSA) is 64.7 Å². The number of para-hydroxylation sites is 1. The minimum absolute atomic E-state index is 0. The highest BCUT2D eigenvalue weighted by atomic mass is 127. The van der Waals surface area contributed by atoms with Gasteiger partial charge >= 0.3 is 0 Å². The molecule has 1 aliphatic heterocycles. The van der Waals surface area contributed by atoms with Gasteiger partial charge in [0.05, 0.1) is 0 Å². The molecule has 29 heavy (non-hydrogen) atoms. The van der Waals surface area contributed by atoms with Crippen molar-refractivity contribution in [2.45, 2.75) is 38.6 Å². The Hall–Kier alpha value is -1.32. The van der Waals surface area contributed by atoms with Crippen LogP contribution in [-0.4, -0.2) is 68.8 Å². The first-order chi connectivity index (χ1) is 13.7. The zero-order valence-corrected chi connectivity index (χ0v) is 20.3. The Bertz CT molecular complexity index is 768. The van der Waals surface area contributed by atoms with Crippen molar-refractivity contribution < 1.29 is 4.74 Å². The van der Waals surface area contributed by atoms with Gasteiger partial charge in [-0.3, -0.25) is 4.99 Å². The highest BCUT2D eigenvalue weighted by molar-refractivity contribution is 14.0. The number of nitrogens with zero attached hydrogens (tertiary/aromatic N) is 2. The Morgan fingerprint density at radius 1 is 1.31 bits per heavy atom. The first-order valence-electron chi connectivity index (χ1n) is 10.5. The molecule has 1 aromatic carbocycles. The summed E-state index contributed by atoms with van der Waals surface area (Å²) in [6.45, 7) is 7.30. The van der Waals surface area contributed by atoms with Crippen LogP contribution in [0.3, 0.4) is 0 Å². The number of aromatic amines is 1. The summed E-state index contributed by atoms with van der Waals surface area (Å²) in [6.07, 6.45) is 6.55. The summed E-state index contributed by atoms with van der Waals surface area (Å²) >= 11 is 0. The molecule has 1 aliphatic rings. The first kappa shape index (κ1) is 24.0. The van der Waals surface area contributed by atoms with Crippen molar-refractivity contribution in [2.75, 3.05) is 46.9 Å². The number of benzene rings is 1. The molecule has 1 saturated heterocycles. The van der Waals surface area contributed by atoms with Crippen LogP contribution in [0, 0.1) is 6.92 Å². The molecule has 2 heterocycles. The maximum absolute atomic E-state index is 5.15. The van der Waals surface area contributed by atoms with Crippen molar-refractivity contribution >= 4 is 40.8 Å². The van der Waals surface area contributed by atoms with Gasteiger partial charge in [-0.1, -0.05) is 18.2 Å². The SMILES string of the molecule is CN=C(NCCc1c[nH]c2c(C)cccc12)NC1CCN(CCCOC)CC1.I. The van der Waals surface area contributed by atoms with E-state index in [4.69, 9.17) is 4.74 Å². The number of ether oxygens (including phenoxy) is 1. The number of H-pyrrole nitrogens is 1. The number of fused-ring (bicyclic) bond motifs is 1. The van der Waals surface area contributed by atoms with E-state index >= 15 is 0 Å². The molecule has 1 fully saturated rings. The molecule has 0 amide bonds. The van der Waals surface area contributed by atoms with Crippen LogP contribution in [0.5, 0.6) is 0 Å². The van der Waals surface area contributed by atoms with E-state index < -0.39 is 0 Å². The van der Waals surface area contributed by atoms with E-state index in [1.165, 1.54) is 22.0 Å². The van der Waals surface area contributed by atoms with Gasteiger partial charge in [0.2, 0.25) is 0 Å². The fourth-order valence-corrected chi connectivity index (χ4v) is 4.01. The molecule has 0 saturated carbocycles. The molecular weight excluding hydrogens is 477 g/mol. The third-order valence-corrected chi connectivity index (χ3v) is 5.67. The quantitative estimate of drug-likeness (QED) is 0.220. The Labute approximate surface area is 191 Å². The zero-order valence-electron chi connectivity index (χ0n) is 18.0. The summed E-state index contributed by atoms with van der Waals surface area (Å²) in [5, 5.41) is 8.41. The summed E-state index contributed by atoms with van der Waals surface area (Å²) in [7, 11) is 3.62. The lowest BCUT2D eigenvalue weighted by molar-refractivity contribution is 0.155. The average molecular weight is 513 g/mol. The Morgan fingerprint density at radius 3 is 2.83 bits per heavy atom. The van der Waals surface area contributed by atoms with Crippen molar-refractivity contribution in [1.82, 2.24) is 20.5 Å². The lowest BCUT2D eigenvalue weighted by atomic mass is 10.1. The second-order valence-electron chi connectivity index (χ2n) is 7.67. The molecule has 0 atom stereocenters. The van der Waals surface area contributed by atoms with Crippen LogP contribution in [0.25, 0.3) is 10.9 Å². The van der Waals surface area contributed by atoms with Gasteiger partial charge in [-0.25, -0.2) is 0 Å². The number of methoxy groups -OCH3 is 1. The number of piperidine rings is 1. The second kappa shape index (κ2) is 12.4. The van der Waals surface area contributed by atoms with Gasteiger partial charge in [0.1, 0.15) is 0 Å². The number of aryl methyl sites for hydroxylation is 1. The van der Waals surface area contributed by atoms with Crippen molar-refractivity contribution in [3.05, 3.63) is 35.5 Å². The molecule has 0 unspecified atom stereocenters. The Kier molecular flexibility index (Phi) is 10.2. The van der Waals surface area contributed by atoms with Gasteiger partial charge in [-0.15, -0.1) is 24.0 Å². The summed E-state index contributed by atoms with van der Waals surface area (Å²) in [5.41, 5.74) is 3.89. The number of halogens is 1. The molecule has 0 radical (unpaired) electrons. The molecule has 3 rings (SSSR count). The van der Waals surface area contributed by atoms with Gasteiger partial charge in [0, 0.05) is 70.1 Å². The first-order valence-corrected chi connectivity index (χ1v) is 10.5. The van der Waals surface area contributed by atoms with E-state index in [9.17, 15) is 0 Å². The molecule has 2 aromatic rings. The summed E-state index contributed by atoms with van der Waals surface area (Å²) in [4.78, 5) is 10.4. The Balaban J connectivity index is 0.00000300. The minimum atomic E-state index is 0. The van der Waals surface area contributed by atoms with Gasteiger partial charge in [0.15, 0.2) is 5.96 Å². The molecule has 7 heteroatoms. The zero-order chi connectivity index (χ0) is 19.8. The lowest BCUT2D eigenvalue weighted by Crippen LogP contribution is -2.49. The minimum Gasteiger partial charge on any atom is -0.385 e. The predicted molar refractivity (Wildman–Crippen MR) is 133 cm³/mol. The molecule has 0 bridgehead atoms. The number of nitrogens with one attached hydrogen (secondary N) is 3. The molecule has 3 N–H and O–H groups in total. The maximum Gasteiger partial charge on any atom is 0.191 e. The van der Waals surface area contributed by atoms with Crippen molar-refractivity contribution in [3.8, 4) is 0 Å².